The van der Waals surface area contributed by atoms with E-state index in [1.165, 1.54) is 0 Å². The zero-order chi connectivity index (χ0) is 0. The minimum atomic E-state index is 0. The van der Waals surface area contributed by atoms with Gasteiger partial charge in [-0.2, -0.15) is 0 Å². The van der Waals surface area contributed by atoms with Crippen LogP contribution in [0.3, 0.4) is 0 Å². The molecule has 0 unspecified atom stereocenters. The molecule has 0 nitrogen and oxygen atoms in total. The molecule has 78 valence electrons. The molecule has 0 aliphatic carbocycles. The van der Waals surface area contributed by atoms with Crippen molar-refractivity contribution in [3.63, 3.8) is 0 Å². The molecule has 0 rings (SSSR count). The van der Waals surface area contributed by atoms with Crippen molar-refractivity contribution in [3.8, 4) is 0 Å². The van der Waals surface area contributed by atoms with E-state index in [9.17, 15) is 0 Å². The van der Waals surface area contributed by atoms with Crippen LogP contribution in [0, 0.1) is 0 Å². The van der Waals surface area contributed by atoms with E-state index >= 15 is 0 Å². The zero-order valence-corrected chi connectivity index (χ0v) is 11.0. The summed E-state index contributed by atoms with van der Waals surface area (Å²) in [6.45, 7) is 0. The Bertz CT molecular complexity index is 9.74. The Morgan fingerprint density at radius 2 is 0.167 bits per heavy atom. The van der Waals surface area contributed by atoms with Gasteiger partial charge < -0.3 is 0 Å². The molecule has 0 atom stereocenters. The second kappa shape index (κ2) is 129. The molecule has 0 N–H and O–H groups in total. The van der Waals surface area contributed by atoms with Crippen molar-refractivity contribution in [2.75, 3.05) is 0 Å². The van der Waals surface area contributed by atoms with Crippen molar-refractivity contribution in [1.82, 2.24) is 0 Å². The molecule has 0 aliphatic rings. The molecule has 0 saturated carbocycles. The van der Waals surface area contributed by atoms with Crippen LogP contribution in [0.25, 0.3) is 0 Å². The monoisotopic (exact) mass is 396 g/mol. The molecule has 12 heavy (non-hydrogen) atoms. The minimum absolute atomic E-state index is 0. The van der Waals surface area contributed by atoms with Crippen LogP contribution in [0.5, 0.6) is 0 Å². The second-order valence-electron chi connectivity index (χ2n) is 0. The van der Waals surface area contributed by atoms with Gasteiger partial charge in [0, 0.05) is 0 Å². The van der Waals surface area contributed by atoms with E-state index in [1.54, 1.807) is 0 Å². The van der Waals surface area contributed by atoms with Crippen LogP contribution >= 0.6 is 112 Å². The molecule has 0 aromatic carbocycles. The molecule has 0 bridgehead atoms. The average Bonchev–Trinajstić information content (AvgIpc) is 0. The van der Waals surface area contributed by atoms with Gasteiger partial charge in [0.15, 0.2) is 0 Å². The Kier molecular flexibility index (Phi) is 1650. The summed E-state index contributed by atoms with van der Waals surface area (Å²) < 4.78 is 0. The molecule has 0 aliphatic heterocycles. The van der Waals surface area contributed by atoms with E-state index in [0.29, 0.717) is 0 Å². The predicted molar refractivity (Wildman–Crippen MR) is 86.7 cm³/mol. The van der Waals surface area contributed by atoms with Crippen molar-refractivity contribution in [3.05, 3.63) is 0 Å². The Balaban J connectivity index is 0. The van der Waals surface area contributed by atoms with Crippen LogP contribution in [-0.4, -0.2) is 88.7 Å². The first-order valence-electron chi connectivity index (χ1n) is 0. The van der Waals surface area contributed by atoms with Gasteiger partial charge in [0.2, 0.25) is 0 Å². The molecule has 0 heterocycles. The first-order valence-corrected chi connectivity index (χ1v) is 0. The fourth-order valence-corrected chi connectivity index (χ4v) is 0. The van der Waals surface area contributed by atoms with Crippen LogP contribution in [0.4, 0.5) is 0 Å². The molecule has 0 aromatic heterocycles. The predicted octanol–water partition coefficient (Wildman–Crippen LogP) is 1.85. The summed E-state index contributed by atoms with van der Waals surface area (Å²) in [6.07, 6.45) is 0. The van der Waals surface area contributed by atoms with Crippen molar-refractivity contribution < 1.29 is 0 Å². The van der Waals surface area contributed by atoms with Crippen LogP contribution in [0.15, 0.2) is 0 Å². The average molecular weight is 400 g/mol. The standard InChI is InChI=1S/9ClH.3Na.3H/h9*1H;;;;;;. The molecule has 0 spiro atoms. The molecule has 0 amide bonds. The number of hydrogen-bond acceptors (Lipinski definition) is 0. The van der Waals surface area contributed by atoms with Gasteiger partial charge in [0.05, 0.1) is 0 Å². The quantitative estimate of drug-likeness (QED) is 0.545. The topological polar surface area (TPSA) is 0 Å². The van der Waals surface area contributed by atoms with Crippen LogP contribution in [-0.2, 0) is 0 Å². The second-order valence-corrected chi connectivity index (χ2v) is 0. The van der Waals surface area contributed by atoms with Crippen LogP contribution in [0.2, 0.25) is 0 Å². The Morgan fingerprint density at radius 1 is 0.167 bits per heavy atom. The summed E-state index contributed by atoms with van der Waals surface area (Å²) in [5, 5.41) is 0. The third-order valence-corrected chi connectivity index (χ3v) is 0. The van der Waals surface area contributed by atoms with Gasteiger partial charge in [0.1, 0.15) is 0 Å². The molecule has 0 fully saturated rings. The summed E-state index contributed by atoms with van der Waals surface area (Å²) in [5.41, 5.74) is 0. The number of halogens is 9. The van der Waals surface area contributed by atoms with E-state index in [2.05, 4.69) is 0 Å². The first kappa shape index (κ1) is 154. The van der Waals surface area contributed by atoms with Crippen molar-refractivity contribution in [1.29, 1.82) is 0 Å². The van der Waals surface area contributed by atoms with Gasteiger partial charge >= 0.3 is 88.7 Å². The maximum absolute atomic E-state index is 0. The van der Waals surface area contributed by atoms with Crippen molar-refractivity contribution in [2.45, 2.75) is 0 Å². The third-order valence-electron chi connectivity index (χ3n) is 0. The Labute approximate surface area is 196 Å². The summed E-state index contributed by atoms with van der Waals surface area (Å²) in [6, 6.07) is 0. The zero-order valence-electron chi connectivity index (χ0n) is 3.67. The SMILES string of the molecule is Cl.Cl.Cl.Cl.Cl.Cl.Cl.Cl.Cl.[NaH].[NaH].[NaH]. The van der Waals surface area contributed by atoms with E-state index in [1.807, 2.05) is 0 Å². The summed E-state index contributed by atoms with van der Waals surface area (Å²) >= 11 is 0. The summed E-state index contributed by atoms with van der Waals surface area (Å²) in [7, 11) is 0. The molecule has 0 aromatic rings. The third kappa shape index (κ3) is 106. The number of hydrogen-bond donors (Lipinski definition) is 0. The molecule has 12 heteroatoms. The van der Waals surface area contributed by atoms with Gasteiger partial charge in [-0.1, -0.05) is 0 Å². The Hall–Kier alpha value is 5.61. The van der Waals surface area contributed by atoms with E-state index in [0.717, 1.165) is 0 Å². The van der Waals surface area contributed by atoms with E-state index in [-0.39, 0.29) is 200 Å². The first-order chi connectivity index (χ1) is 0. The van der Waals surface area contributed by atoms with Gasteiger partial charge in [-0.3, -0.25) is 0 Å². The number of rotatable bonds is 0. The molecular weight excluding hydrogens is 388 g/mol. The van der Waals surface area contributed by atoms with E-state index < -0.39 is 0 Å². The van der Waals surface area contributed by atoms with Crippen LogP contribution in [0.1, 0.15) is 0 Å². The summed E-state index contributed by atoms with van der Waals surface area (Å²) in [5.74, 6) is 0. The fourth-order valence-electron chi connectivity index (χ4n) is 0. The summed E-state index contributed by atoms with van der Waals surface area (Å²) in [4.78, 5) is 0. The van der Waals surface area contributed by atoms with Gasteiger partial charge in [-0.25, -0.2) is 0 Å². The molecule has 0 saturated heterocycles. The molecular formula is H12Cl9Na3. The van der Waals surface area contributed by atoms with Crippen molar-refractivity contribution >= 4 is 200 Å². The normalized spacial score (nSPS) is 0. The maximum atomic E-state index is 0. The van der Waals surface area contributed by atoms with E-state index in [4.69, 9.17) is 0 Å². The van der Waals surface area contributed by atoms with Crippen LogP contribution < -0.4 is 0 Å². The molecule has 0 radical (unpaired) electrons. The Morgan fingerprint density at radius 3 is 0.167 bits per heavy atom. The fraction of sp³-hybridized carbons (Fsp3) is 0. The van der Waals surface area contributed by atoms with Gasteiger partial charge in [0.25, 0.3) is 0 Å². The van der Waals surface area contributed by atoms with Gasteiger partial charge in [-0.15, -0.1) is 112 Å². The van der Waals surface area contributed by atoms with Gasteiger partial charge in [-0.05, 0) is 0 Å². The van der Waals surface area contributed by atoms with Crippen molar-refractivity contribution in [2.24, 2.45) is 0 Å².